The van der Waals surface area contributed by atoms with Crippen molar-refractivity contribution in [3.63, 3.8) is 0 Å². The van der Waals surface area contributed by atoms with Crippen LogP contribution in [-0.4, -0.2) is 18.5 Å². The van der Waals surface area contributed by atoms with E-state index in [-0.39, 0.29) is 18.5 Å². The molecule has 0 aliphatic rings. The van der Waals surface area contributed by atoms with E-state index in [0.717, 1.165) is 5.56 Å². The third kappa shape index (κ3) is 4.26. The van der Waals surface area contributed by atoms with Crippen molar-refractivity contribution in [2.75, 3.05) is 6.61 Å². The summed E-state index contributed by atoms with van der Waals surface area (Å²) < 4.78 is 5.55. The van der Waals surface area contributed by atoms with Gasteiger partial charge in [-0.3, -0.25) is 4.79 Å². The van der Waals surface area contributed by atoms with Crippen molar-refractivity contribution in [1.82, 2.24) is 0 Å². The second-order valence-electron chi connectivity index (χ2n) is 5.46. The molecule has 2 heteroatoms. The molecular weight excluding hydrogens is 224 g/mol. The zero-order valence-corrected chi connectivity index (χ0v) is 12.1. The first kappa shape index (κ1) is 14.9. The van der Waals surface area contributed by atoms with E-state index in [1.165, 1.54) is 5.56 Å². The Balaban J connectivity index is 2.57. The number of hydrogen-bond acceptors (Lipinski definition) is 2. The van der Waals surface area contributed by atoms with Gasteiger partial charge < -0.3 is 4.74 Å². The van der Waals surface area contributed by atoms with Gasteiger partial charge in [-0.05, 0) is 24.3 Å². The quantitative estimate of drug-likeness (QED) is 0.710. The fourth-order valence-electron chi connectivity index (χ4n) is 1.54. The van der Waals surface area contributed by atoms with E-state index in [1.807, 2.05) is 31.2 Å². The highest BCUT2D eigenvalue weighted by Gasteiger charge is 2.11. The molecule has 2 nitrogen and oxygen atoms in total. The molecule has 1 aromatic rings. The van der Waals surface area contributed by atoms with Crippen LogP contribution in [0.25, 0.3) is 0 Å². The predicted octanol–water partition coefficient (Wildman–Crippen LogP) is 4.05. The summed E-state index contributed by atoms with van der Waals surface area (Å²) in [4.78, 5) is 11.9. The lowest BCUT2D eigenvalue weighted by atomic mass is 10.0. The molecule has 0 radical (unpaired) electrons. The van der Waals surface area contributed by atoms with E-state index in [1.54, 1.807) is 0 Å². The Morgan fingerprint density at radius 3 is 2.06 bits per heavy atom. The minimum absolute atomic E-state index is 0.0535. The number of ether oxygens (including phenoxy) is 1. The Bertz CT molecular complexity index is 377. The fourth-order valence-corrected chi connectivity index (χ4v) is 1.54. The van der Waals surface area contributed by atoms with E-state index >= 15 is 0 Å². The van der Waals surface area contributed by atoms with Crippen LogP contribution in [-0.2, 0) is 4.74 Å². The molecule has 0 aromatic heterocycles. The number of rotatable bonds is 6. The average molecular weight is 248 g/mol. The van der Waals surface area contributed by atoms with Crippen LogP contribution < -0.4 is 0 Å². The molecule has 0 spiro atoms. The summed E-state index contributed by atoms with van der Waals surface area (Å²) in [5, 5.41) is 0. The van der Waals surface area contributed by atoms with Crippen LogP contribution in [0.3, 0.4) is 0 Å². The Kier molecular flexibility index (Phi) is 5.54. The molecule has 0 amide bonds. The number of benzene rings is 1. The van der Waals surface area contributed by atoms with Crippen molar-refractivity contribution in [1.29, 1.82) is 0 Å². The Hall–Kier alpha value is -1.15. The number of hydrogen-bond donors (Lipinski definition) is 0. The third-order valence-electron chi connectivity index (χ3n) is 3.32. The van der Waals surface area contributed by atoms with E-state index in [4.69, 9.17) is 4.74 Å². The van der Waals surface area contributed by atoms with Crippen LogP contribution in [0.15, 0.2) is 24.3 Å². The number of Topliss-reactive ketones (excluding diaryl/α,β-unsaturated/α-hetero) is 1. The maximum atomic E-state index is 11.9. The van der Waals surface area contributed by atoms with Crippen molar-refractivity contribution in [2.45, 2.75) is 46.6 Å². The summed E-state index contributed by atoms with van der Waals surface area (Å²) in [6.45, 7) is 10.6. The summed E-state index contributed by atoms with van der Waals surface area (Å²) in [6.07, 6.45) is 0.115. The summed E-state index contributed by atoms with van der Waals surface area (Å²) >= 11 is 0. The van der Waals surface area contributed by atoms with Crippen molar-refractivity contribution in [3.05, 3.63) is 35.4 Å². The minimum atomic E-state index is 0.0535. The van der Waals surface area contributed by atoms with Gasteiger partial charge in [-0.1, -0.05) is 52.0 Å². The molecule has 1 atom stereocenters. The van der Waals surface area contributed by atoms with Crippen molar-refractivity contribution >= 4 is 5.78 Å². The minimum Gasteiger partial charge on any atom is -0.370 e. The lowest BCUT2D eigenvalue weighted by Gasteiger charge is -2.16. The van der Waals surface area contributed by atoms with Crippen molar-refractivity contribution in [2.24, 2.45) is 5.92 Å². The van der Waals surface area contributed by atoms with Crippen LogP contribution in [0.4, 0.5) is 0 Å². The molecule has 1 rings (SSSR count). The number of carbonyl (C=O) groups excluding carboxylic acids is 1. The zero-order chi connectivity index (χ0) is 13.7. The van der Waals surface area contributed by atoms with E-state index in [2.05, 4.69) is 27.7 Å². The standard InChI is InChI=1S/C16H24O2/c1-11(2)13(5)18-10-16(17)15-8-6-14(7-9-15)12(3)4/h6-9,11-13H,10H2,1-5H3. The molecule has 0 N–H and O–H groups in total. The second kappa shape index (κ2) is 6.69. The van der Waals surface area contributed by atoms with Crippen LogP contribution in [0.1, 0.15) is 56.5 Å². The van der Waals surface area contributed by atoms with Crippen LogP contribution in [0, 0.1) is 5.92 Å². The third-order valence-corrected chi connectivity index (χ3v) is 3.32. The van der Waals surface area contributed by atoms with E-state index < -0.39 is 0 Å². The lowest BCUT2D eigenvalue weighted by molar-refractivity contribution is 0.0336. The predicted molar refractivity (Wildman–Crippen MR) is 75.1 cm³/mol. The maximum Gasteiger partial charge on any atom is 0.188 e. The molecule has 0 aliphatic heterocycles. The molecule has 0 saturated carbocycles. The topological polar surface area (TPSA) is 26.3 Å². The highest BCUT2D eigenvalue weighted by molar-refractivity contribution is 5.97. The fraction of sp³-hybridized carbons (Fsp3) is 0.562. The van der Waals surface area contributed by atoms with Crippen LogP contribution >= 0.6 is 0 Å². The number of ketones is 1. The molecule has 0 aliphatic carbocycles. The Morgan fingerprint density at radius 2 is 1.61 bits per heavy atom. The first-order valence-corrected chi connectivity index (χ1v) is 6.66. The van der Waals surface area contributed by atoms with E-state index in [0.29, 0.717) is 11.8 Å². The summed E-state index contributed by atoms with van der Waals surface area (Å²) in [7, 11) is 0. The average Bonchev–Trinajstić information content (AvgIpc) is 2.35. The zero-order valence-electron chi connectivity index (χ0n) is 12.1. The first-order chi connectivity index (χ1) is 8.41. The van der Waals surface area contributed by atoms with Crippen molar-refractivity contribution < 1.29 is 9.53 Å². The van der Waals surface area contributed by atoms with Gasteiger partial charge in [0.1, 0.15) is 6.61 Å². The molecule has 100 valence electrons. The van der Waals surface area contributed by atoms with Crippen LogP contribution in [0.2, 0.25) is 0 Å². The van der Waals surface area contributed by atoms with Gasteiger partial charge in [0, 0.05) is 5.56 Å². The SMILES string of the molecule is CC(C)c1ccc(C(=O)COC(C)C(C)C)cc1. The summed E-state index contributed by atoms with van der Waals surface area (Å²) in [5.41, 5.74) is 1.98. The summed E-state index contributed by atoms with van der Waals surface area (Å²) in [6, 6.07) is 7.82. The Morgan fingerprint density at radius 1 is 1.06 bits per heavy atom. The molecular formula is C16H24O2. The Labute approximate surface area is 110 Å². The highest BCUT2D eigenvalue weighted by Crippen LogP contribution is 2.15. The van der Waals surface area contributed by atoms with Gasteiger partial charge in [0.15, 0.2) is 5.78 Å². The van der Waals surface area contributed by atoms with E-state index in [9.17, 15) is 4.79 Å². The normalized spacial score (nSPS) is 13.1. The van der Waals surface area contributed by atoms with Crippen molar-refractivity contribution in [3.8, 4) is 0 Å². The van der Waals surface area contributed by atoms with Gasteiger partial charge >= 0.3 is 0 Å². The van der Waals surface area contributed by atoms with Gasteiger partial charge in [-0.25, -0.2) is 0 Å². The molecule has 0 bridgehead atoms. The molecule has 0 fully saturated rings. The highest BCUT2D eigenvalue weighted by atomic mass is 16.5. The summed E-state index contributed by atoms with van der Waals surface area (Å²) in [5.74, 6) is 0.977. The maximum absolute atomic E-state index is 11.9. The van der Waals surface area contributed by atoms with Gasteiger partial charge in [-0.2, -0.15) is 0 Å². The largest absolute Gasteiger partial charge is 0.370 e. The van der Waals surface area contributed by atoms with Gasteiger partial charge in [0.05, 0.1) is 6.10 Å². The molecule has 0 saturated heterocycles. The van der Waals surface area contributed by atoms with Gasteiger partial charge in [0.25, 0.3) is 0 Å². The molecule has 1 unspecified atom stereocenters. The number of carbonyl (C=O) groups is 1. The van der Waals surface area contributed by atoms with Gasteiger partial charge in [-0.15, -0.1) is 0 Å². The smallest absolute Gasteiger partial charge is 0.188 e. The van der Waals surface area contributed by atoms with Crippen LogP contribution in [0.5, 0.6) is 0 Å². The van der Waals surface area contributed by atoms with Gasteiger partial charge in [0.2, 0.25) is 0 Å². The molecule has 0 heterocycles. The monoisotopic (exact) mass is 248 g/mol. The second-order valence-corrected chi connectivity index (χ2v) is 5.46. The molecule has 18 heavy (non-hydrogen) atoms. The first-order valence-electron chi connectivity index (χ1n) is 6.66. The molecule has 1 aromatic carbocycles. The lowest BCUT2D eigenvalue weighted by Crippen LogP contribution is -2.20.